The highest BCUT2D eigenvalue weighted by Gasteiger charge is 2.20. The number of aryl methyl sites for hydroxylation is 1. The molecule has 9 heteroatoms. The number of halogens is 1. The maximum atomic E-state index is 13.8. The molecule has 2 aromatic carbocycles. The van der Waals surface area contributed by atoms with E-state index in [0.29, 0.717) is 22.3 Å². The molecule has 3 aromatic rings. The minimum Gasteiger partial charge on any atom is -0.452 e. The number of nitrogens with two attached hydrogens (primary N) is 1. The summed E-state index contributed by atoms with van der Waals surface area (Å²) in [5.41, 5.74) is 7.51. The number of hydrogen-bond donors (Lipinski definition) is 2. The van der Waals surface area contributed by atoms with Gasteiger partial charge in [0.15, 0.2) is 6.61 Å². The molecule has 0 bridgehead atoms. The van der Waals surface area contributed by atoms with Crippen LogP contribution in [0.3, 0.4) is 0 Å². The Balaban J connectivity index is 1.68. The summed E-state index contributed by atoms with van der Waals surface area (Å²) in [7, 11) is 0. The van der Waals surface area contributed by atoms with Gasteiger partial charge in [0.2, 0.25) is 0 Å². The Morgan fingerprint density at radius 1 is 1.28 bits per heavy atom. The summed E-state index contributed by atoms with van der Waals surface area (Å²) >= 11 is 1.02. The average molecular weight is 360 g/mol. The van der Waals surface area contributed by atoms with Crippen molar-refractivity contribution in [3.63, 3.8) is 0 Å². The molecule has 0 saturated heterocycles. The largest absolute Gasteiger partial charge is 0.452 e. The van der Waals surface area contributed by atoms with E-state index < -0.39 is 24.3 Å². The van der Waals surface area contributed by atoms with E-state index >= 15 is 0 Å². The maximum Gasteiger partial charge on any atom is 0.343 e. The number of carbonyl (C=O) groups is 2. The number of amides is 1. The first-order valence-electron chi connectivity index (χ1n) is 7.20. The third kappa shape index (κ3) is 3.41. The Labute approximate surface area is 145 Å². The molecule has 0 aliphatic rings. The smallest absolute Gasteiger partial charge is 0.343 e. The molecular formula is C16H13FN4O3S. The molecule has 25 heavy (non-hydrogen) atoms. The third-order valence-electron chi connectivity index (χ3n) is 3.51. The van der Waals surface area contributed by atoms with E-state index in [1.807, 2.05) is 0 Å². The van der Waals surface area contributed by atoms with Crippen molar-refractivity contribution in [3.8, 4) is 0 Å². The normalized spacial score (nSPS) is 10.6. The molecule has 0 aliphatic heterocycles. The van der Waals surface area contributed by atoms with Crippen molar-refractivity contribution in [1.82, 2.24) is 8.75 Å². The van der Waals surface area contributed by atoms with E-state index in [1.54, 1.807) is 25.1 Å². The molecule has 3 rings (SSSR count). The summed E-state index contributed by atoms with van der Waals surface area (Å²) in [5.74, 6) is -2.38. The molecule has 0 aliphatic carbocycles. The van der Waals surface area contributed by atoms with Gasteiger partial charge in [0, 0.05) is 0 Å². The van der Waals surface area contributed by atoms with Crippen molar-refractivity contribution in [2.45, 2.75) is 6.92 Å². The molecule has 0 atom stereocenters. The lowest BCUT2D eigenvalue weighted by Crippen LogP contribution is -2.22. The van der Waals surface area contributed by atoms with E-state index in [1.165, 1.54) is 6.07 Å². The predicted molar refractivity (Wildman–Crippen MR) is 91.9 cm³/mol. The fraction of sp³-hybridized carbons (Fsp3) is 0.125. The van der Waals surface area contributed by atoms with Gasteiger partial charge in [-0.3, -0.25) is 4.79 Å². The monoisotopic (exact) mass is 360 g/mol. The number of nitrogens with one attached hydrogen (secondary N) is 1. The van der Waals surface area contributed by atoms with Crippen LogP contribution in [0.1, 0.15) is 15.9 Å². The Morgan fingerprint density at radius 3 is 2.88 bits per heavy atom. The van der Waals surface area contributed by atoms with Gasteiger partial charge < -0.3 is 15.8 Å². The van der Waals surface area contributed by atoms with Gasteiger partial charge in [0.1, 0.15) is 22.4 Å². The van der Waals surface area contributed by atoms with Crippen LogP contribution in [-0.4, -0.2) is 27.2 Å². The Kier molecular flexibility index (Phi) is 4.57. The third-order valence-corrected chi connectivity index (χ3v) is 4.05. The number of ether oxygens (including phenoxy) is 1. The van der Waals surface area contributed by atoms with E-state index in [4.69, 9.17) is 10.5 Å². The quantitative estimate of drug-likeness (QED) is 0.547. The molecule has 1 heterocycles. The van der Waals surface area contributed by atoms with Gasteiger partial charge >= 0.3 is 5.97 Å². The summed E-state index contributed by atoms with van der Waals surface area (Å²) in [6.45, 7) is 1.06. The average Bonchev–Trinajstić information content (AvgIpc) is 3.06. The number of nitrogen functional groups attached to an aromatic ring is 1. The zero-order chi connectivity index (χ0) is 18.0. The zero-order valence-electron chi connectivity index (χ0n) is 13.1. The van der Waals surface area contributed by atoms with E-state index in [9.17, 15) is 14.0 Å². The van der Waals surface area contributed by atoms with E-state index in [2.05, 4.69) is 14.1 Å². The van der Waals surface area contributed by atoms with Crippen LogP contribution in [0.2, 0.25) is 0 Å². The SMILES string of the molecule is Cc1ccc(F)c(C(=O)OCC(=O)Nc2cccc3nsnc23)c1N. The van der Waals surface area contributed by atoms with Crippen LogP contribution in [0, 0.1) is 12.7 Å². The van der Waals surface area contributed by atoms with Crippen LogP contribution < -0.4 is 11.1 Å². The van der Waals surface area contributed by atoms with Crippen molar-refractivity contribution in [2.24, 2.45) is 0 Å². The first-order chi connectivity index (χ1) is 12.0. The van der Waals surface area contributed by atoms with Crippen molar-refractivity contribution in [2.75, 3.05) is 17.7 Å². The summed E-state index contributed by atoms with van der Waals surface area (Å²) in [6, 6.07) is 7.71. The predicted octanol–water partition coefficient (Wildman–Crippen LogP) is 2.52. The van der Waals surface area contributed by atoms with Crippen molar-refractivity contribution < 1.29 is 18.7 Å². The number of esters is 1. The highest BCUT2D eigenvalue weighted by atomic mass is 32.1. The van der Waals surface area contributed by atoms with Crippen LogP contribution in [-0.2, 0) is 9.53 Å². The fourth-order valence-electron chi connectivity index (χ4n) is 2.20. The first kappa shape index (κ1) is 16.8. The van der Waals surface area contributed by atoms with Crippen molar-refractivity contribution >= 4 is 46.0 Å². The topological polar surface area (TPSA) is 107 Å². The Hall–Kier alpha value is -3.07. The van der Waals surface area contributed by atoms with Gasteiger partial charge in [-0.05, 0) is 30.7 Å². The molecule has 0 unspecified atom stereocenters. The standard InChI is InChI=1S/C16H13FN4O3S/c1-8-5-6-9(17)13(14(8)18)16(23)24-7-12(22)19-10-3-2-4-11-15(10)21-25-20-11/h2-6H,7,18H2,1H3,(H,19,22). The molecule has 7 nitrogen and oxygen atoms in total. The number of aromatic nitrogens is 2. The number of fused-ring (bicyclic) bond motifs is 1. The number of anilines is 2. The molecule has 128 valence electrons. The number of rotatable bonds is 4. The van der Waals surface area contributed by atoms with Crippen LogP contribution in [0.4, 0.5) is 15.8 Å². The summed E-state index contributed by atoms with van der Waals surface area (Å²) < 4.78 is 26.8. The fourth-order valence-corrected chi connectivity index (χ4v) is 2.75. The number of hydrogen-bond acceptors (Lipinski definition) is 7. The number of nitrogens with zero attached hydrogens (tertiary/aromatic N) is 2. The molecule has 1 aromatic heterocycles. The lowest BCUT2D eigenvalue weighted by atomic mass is 10.1. The Morgan fingerprint density at radius 2 is 2.08 bits per heavy atom. The van der Waals surface area contributed by atoms with Crippen LogP contribution in [0.15, 0.2) is 30.3 Å². The molecule has 1 amide bonds. The Bertz CT molecular complexity index is 973. The van der Waals surface area contributed by atoms with E-state index in [0.717, 1.165) is 17.8 Å². The summed E-state index contributed by atoms with van der Waals surface area (Å²) in [4.78, 5) is 24.0. The second-order valence-corrected chi connectivity index (χ2v) is 5.74. The van der Waals surface area contributed by atoms with Gasteiger partial charge in [0.05, 0.1) is 23.1 Å². The van der Waals surface area contributed by atoms with E-state index in [-0.39, 0.29) is 11.3 Å². The van der Waals surface area contributed by atoms with Gasteiger partial charge in [0.25, 0.3) is 5.91 Å². The molecule has 3 N–H and O–H groups in total. The highest BCUT2D eigenvalue weighted by Crippen LogP contribution is 2.22. The van der Waals surface area contributed by atoms with Crippen molar-refractivity contribution in [1.29, 1.82) is 0 Å². The number of benzene rings is 2. The lowest BCUT2D eigenvalue weighted by molar-refractivity contribution is -0.119. The second-order valence-electron chi connectivity index (χ2n) is 5.21. The minimum absolute atomic E-state index is 0.0104. The molecule has 0 radical (unpaired) electrons. The van der Waals surface area contributed by atoms with Crippen LogP contribution >= 0.6 is 11.7 Å². The molecule has 0 fully saturated rings. The highest BCUT2D eigenvalue weighted by molar-refractivity contribution is 7.00. The molecule has 0 spiro atoms. The number of carbonyl (C=O) groups excluding carboxylic acids is 2. The second kappa shape index (κ2) is 6.81. The summed E-state index contributed by atoms with van der Waals surface area (Å²) in [5, 5.41) is 2.58. The van der Waals surface area contributed by atoms with Gasteiger partial charge in [-0.2, -0.15) is 8.75 Å². The van der Waals surface area contributed by atoms with Crippen molar-refractivity contribution in [3.05, 3.63) is 47.3 Å². The molecular weight excluding hydrogens is 347 g/mol. The first-order valence-corrected chi connectivity index (χ1v) is 7.93. The van der Waals surface area contributed by atoms with Gasteiger partial charge in [-0.15, -0.1) is 0 Å². The van der Waals surface area contributed by atoms with Crippen LogP contribution in [0.5, 0.6) is 0 Å². The summed E-state index contributed by atoms with van der Waals surface area (Å²) in [6.07, 6.45) is 0. The zero-order valence-corrected chi connectivity index (χ0v) is 13.9. The lowest BCUT2D eigenvalue weighted by Gasteiger charge is -2.10. The minimum atomic E-state index is -0.998. The maximum absolute atomic E-state index is 13.8. The van der Waals surface area contributed by atoms with Gasteiger partial charge in [-0.1, -0.05) is 12.1 Å². The van der Waals surface area contributed by atoms with Gasteiger partial charge in [-0.25, -0.2) is 9.18 Å². The van der Waals surface area contributed by atoms with Crippen LogP contribution in [0.25, 0.3) is 11.0 Å². The molecule has 0 saturated carbocycles.